The van der Waals surface area contributed by atoms with Gasteiger partial charge in [-0.3, -0.25) is 0 Å². The number of aliphatic carboxylic acids is 1. The smallest absolute Gasteiger partial charge is 0.326 e. The van der Waals surface area contributed by atoms with Crippen LogP contribution >= 0.6 is 0 Å². The fourth-order valence-electron chi connectivity index (χ4n) is 2.12. The molecule has 0 bridgehead atoms. The van der Waals surface area contributed by atoms with Crippen LogP contribution in [0.2, 0.25) is 0 Å². The topological polar surface area (TPSA) is 75.4 Å². The third-order valence-electron chi connectivity index (χ3n) is 3.17. The molecule has 0 aromatic heterocycles. The minimum atomic E-state index is -0.814. The molecule has 0 saturated carbocycles. The zero-order chi connectivity index (χ0) is 11.9. The highest BCUT2D eigenvalue weighted by Crippen LogP contribution is 2.36. The largest absolute Gasteiger partial charge is 0.480 e. The van der Waals surface area contributed by atoms with E-state index in [0.29, 0.717) is 0 Å². The van der Waals surface area contributed by atoms with E-state index in [4.69, 9.17) is 10.8 Å². The van der Waals surface area contributed by atoms with Gasteiger partial charge in [0.15, 0.2) is 0 Å². The molecule has 1 aliphatic heterocycles. The van der Waals surface area contributed by atoms with Crippen molar-refractivity contribution in [2.75, 3.05) is 5.32 Å². The Kier molecular flexibility index (Phi) is 2.59. The Morgan fingerprint density at radius 2 is 2.25 bits per heavy atom. The average Bonchev–Trinajstić information content (AvgIpc) is 2.56. The SMILES string of the molecule is CC(N)c1ccc2c(c1)C(C)C(C(=O)O)N2. The number of carboxylic acids is 1. The Labute approximate surface area is 94.5 Å². The molecule has 3 atom stereocenters. The van der Waals surface area contributed by atoms with Crippen LogP contribution in [0.25, 0.3) is 0 Å². The molecule has 1 heterocycles. The summed E-state index contributed by atoms with van der Waals surface area (Å²) in [5, 5.41) is 12.1. The summed E-state index contributed by atoms with van der Waals surface area (Å²) in [5.74, 6) is -0.836. The number of benzene rings is 1. The molecule has 1 aromatic carbocycles. The number of rotatable bonds is 2. The number of hydrogen-bond donors (Lipinski definition) is 3. The summed E-state index contributed by atoms with van der Waals surface area (Å²) in [6.45, 7) is 3.84. The van der Waals surface area contributed by atoms with Gasteiger partial charge in [-0.05, 0) is 24.1 Å². The maximum atomic E-state index is 11.0. The van der Waals surface area contributed by atoms with E-state index in [1.807, 2.05) is 32.0 Å². The second kappa shape index (κ2) is 3.79. The quantitative estimate of drug-likeness (QED) is 0.709. The van der Waals surface area contributed by atoms with Crippen LogP contribution < -0.4 is 11.1 Å². The van der Waals surface area contributed by atoms with Crippen LogP contribution in [0.4, 0.5) is 5.69 Å². The average molecular weight is 220 g/mol. The molecular formula is C12H16N2O2. The van der Waals surface area contributed by atoms with Crippen molar-refractivity contribution in [3.05, 3.63) is 29.3 Å². The van der Waals surface area contributed by atoms with Gasteiger partial charge in [-0.1, -0.05) is 19.1 Å². The summed E-state index contributed by atoms with van der Waals surface area (Å²) in [6, 6.07) is 5.29. The zero-order valence-corrected chi connectivity index (χ0v) is 9.40. The molecule has 4 N–H and O–H groups in total. The van der Waals surface area contributed by atoms with Crippen molar-refractivity contribution in [1.82, 2.24) is 0 Å². The lowest BCUT2D eigenvalue weighted by Crippen LogP contribution is -2.28. The lowest BCUT2D eigenvalue weighted by Gasteiger charge is -2.11. The van der Waals surface area contributed by atoms with Gasteiger partial charge in [-0.15, -0.1) is 0 Å². The summed E-state index contributed by atoms with van der Waals surface area (Å²) in [6.07, 6.45) is 0. The first-order valence-electron chi connectivity index (χ1n) is 5.39. The van der Waals surface area contributed by atoms with Gasteiger partial charge in [0.05, 0.1) is 0 Å². The third kappa shape index (κ3) is 1.65. The predicted octanol–water partition coefficient (Wildman–Crippen LogP) is 1.69. The van der Waals surface area contributed by atoms with Gasteiger partial charge in [-0.2, -0.15) is 0 Å². The molecule has 1 aliphatic rings. The van der Waals surface area contributed by atoms with E-state index in [9.17, 15) is 4.79 Å². The molecule has 0 fully saturated rings. The number of anilines is 1. The molecule has 0 saturated heterocycles. The summed E-state index contributed by atoms with van der Waals surface area (Å²) in [7, 11) is 0. The maximum Gasteiger partial charge on any atom is 0.326 e. The highest BCUT2D eigenvalue weighted by atomic mass is 16.4. The number of nitrogens with two attached hydrogens (primary N) is 1. The summed E-state index contributed by atoms with van der Waals surface area (Å²) in [5.41, 5.74) is 8.80. The first-order valence-corrected chi connectivity index (χ1v) is 5.39. The van der Waals surface area contributed by atoms with Crippen LogP contribution in [0.5, 0.6) is 0 Å². The van der Waals surface area contributed by atoms with Crippen molar-refractivity contribution in [2.24, 2.45) is 5.73 Å². The number of hydrogen-bond acceptors (Lipinski definition) is 3. The fourth-order valence-corrected chi connectivity index (χ4v) is 2.12. The number of carbonyl (C=O) groups is 1. The molecule has 4 heteroatoms. The maximum absolute atomic E-state index is 11.0. The molecule has 0 aliphatic carbocycles. The van der Waals surface area contributed by atoms with Gasteiger partial charge in [0.25, 0.3) is 0 Å². The van der Waals surface area contributed by atoms with Crippen LogP contribution in [-0.4, -0.2) is 17.1 Å². The molecule has 1 aromatic rings. The molecule has 3 unspecified atom stereocenters. The van der Waals surface area contributed by atoms with Gasteiger partial charge in [0.1, 0.15) is 6.04 Å². The molecule has 86 valence electrons. The van der Waals surface area contributed by atoms with Crippen LogP contribution in [0.1, 0.15) is 36.9 Å². The Balaban J connectivity index is 2.37. The van der Waals surface area contributed by atoms with Crippen LogP contribution in [-0.2, 0) is 4.79 Å². The molecule has 0 radical (unpaired) electrons. The van der Waals surface area contributed by atoms with Crippen molar-refractivity contribution < 1.29 is 9.90 Å². The lowest BCUT2D eigenvalue weighted by atomic mass is 9.94. The minimum absolute atomic E-state index is 0.0220. The Hall–Kier alpha value is -1.55. The number of nitrogens with one attached hydrogen (secondary N) is 1. The highest BCUT2D eigenvalue weighted by molar-refractivity contribution is 5.82. The number of carboxylic acid groups (broad SMARTS) is 1. The van der Waals surface area contributed by atoms with Crippen molar-refractivity contribution in [3.8, 4) is 0 Å². The zero-order valence-electron chi connectivity index (χ0n) is 9.40. The van der Waals surface area contributed by atoms with E-state index in [0.717, 1.165) is 16.8 Å². The minimum Gasteiger partial charge on any atom is -0.480 e. The second-order valence-electron chi connectivity index (χ2n) is 4.38. The van der Waals surface area contributed by atoms with E-state index in [1.165, 1.54) is 0 Å². The van der Waals surface area contributed by atoms with Crippen molar-refractivity contribution in [2.45, 2.75) is 31.8 Å². The Bertz CT molecular complexity index is 429. The van der Waals surface area contributed by atoms with E-state index in [1.54, 1.807) is 0 Å². The molecule has 0 amide bonds. The van der Waals surface area contributed by atoms with Crippen molar-refractivity contribution >= 4 is 11.7 Å². The summed E-state index contributed by atoms with van der Waals surface area (Å²) < 4.78 is 0. The van der Waals surface area contributed by atoms with Gasteiger partial charge >= 0.3 is 5.97 Å². The monoisotopic (exact) mass is 220 g/mol. The van der Waals surface area contributed by atoms with Gasteiger partial charge < -0.3 is 16.2 Å². The lowest BCUT2D eigenvalue weighted by molar-refractivity contribution is -0.138. The molecule has 4 nitrogen and oxygen atoms in total. The third-order valence-corrected chi connectivity index (χ3v) is 3.17. The van der Waals surface area contributed by atoms with E-state index in [2.05, 4.69) is 5.32 Å². The first kappa shape index (κ1) is 11.0. The van der Waals surface area contributed by atoms with Crippen molar-refractivity contribution in [3.63, 3.8) is 0 Å². The van der Waals surface area contributed by atoms with E-state index >= 15 is 0 Å². The van der Waals surface area contributed by atoms with Gasteiger partial charge in [0.2, 0.25) is 0 Å². The summed E-state index contributed by atoms with van der Waals surface area (Å²) in [4.78, 5) is 11.0. The number of fused-ring (bicyclic) bond motifs is 1. The van der Waals surface area contributed by atoms with Gasteiger partial charge in [-0.25, -0.2) is 4.79 Å². The standard InChI is InChI=1S/C12H16N2O2/c1-6-9-5-8(7(2)13)3-4-10(9)14-11(6)12(15)16/h3-7,11,14H,13H2,1-2H3,(H,15,16). The van der Waals surface area contributed by atoms with Crippen LogP contribution in [0.15, 0.2) is 18.2 Å². The molecule has 0 spiro atoms. The van der Waals surface area contributed by atoms with E-state index in [-0.39, 0.29) is 12.0 Å². The summed E-state index contributed by atoms with van der Waals surface area (Å²) >= 11 is 0. The highest BCUT2D eigenvalue weighted by Gasteiger charge is 2.33. The fraction of sp³-hybridized carbons (Fsp3) is 0.417. The Morgan fingerprint density at radius 1 is 1.56 bits per heavy atom. The van der Waals surface area contributed by atoms with Crippen LogP contribution in [0.3, 0.4) is 0 Å². The molecule has 16 heavy (non-hydrogen) atoms. The second-order valence-corrected chi connectivity index (χ2v) is 4.38. The molecule has 2 rings (SSSR count). The molecular weight excluding hydrogens is 204 g/mol. The predicted molar refractivity (Wildman–Crippen MR) is 62.5 cm³/mol. The van der Waals surface area contributed by atoms with Gasteiger partial charge in [0, 0.05) is 17.6 Å². The van der Waals surface area contributed by atoms with Crippen molar-refractivity contribution in [1.29, 1.82) is 0 Å². The first-order chi connectivity index (χ1) is 7.50. The normalized spacial score (nSPS) is 24.7. The van der Waals surface area contributed by atoms with E-state index < -0.39 is 12.0 Å². The Morgan fingerprint density at radius 3 is 2.81 bits per heavy atom. The van der Waals surface area contributed by atoms with Crippen LogP contribution in [0, 0.1) is 0 Å².